The van der Waals surface area contributed by atoms with Crippen LogP contribution in [0.5, 0.6) is 5.75 Å². The van der Waals surface area contributed by atoms with Crippen molar-refractivity contribution in [3.63, 3.8) is 0 Å². The van der Waals surface area contributed by atoms with Gasteiger partial charge in [-0.05, 0) is 20.0 Å². The summed E-state index contributed by atoms with van der Waals surface area (Å²) in [5.74, 6) is -0.475. The van der Waals surface area contributed by atoms with E-state index in [1.807, 2.05) is 24.3 Å². The van der Waals surface area contributed by atoms with Crippen LogP contribution in [0.3, 0.4) is 0 Å². The molecule has 0 aliphatic heterocycles. The quantitative estimate of drug-likeness (QED) is 0.788. The number of nitrogens with one attached hydrogen (secondary N) is 1. The number of benzene rings is 1. The Hall–Kier alpha value is -1.79. The van der Waals surface area contributed by atoms with Crippen molar-refractivity contribution in [3.05, 3.63) is 29.8 Å². The minimum Gasteiger partial charge on any atom is -0.496 e. The normalized spacial score (nSPS) is 11.4. The average molecular weight is 317 g/mol. The Morgan fingerprint density at radius 3 is 2.57 bits per heavy atom. The lowest BCUT2D eigenvalue weighted by Crippen LogP contribution is -2.42. The molecule has 7 heteroatoms. The van der Waals surface area contributed by atoms with Crippen molar-refractivity contribution in [2.75, 3.05) is 20.7 Å². The Morgan fingerprint density at radius 1 is 1.38 bits per heavy atom. The molecule has 0 heterocycles. The van der Waals surface area contributed by atoms with Crippen LogP contribution in [-0.2, 0) is 16.1 Å². The number of carbonyl (C=O) groups is 2. The Labute approximate surface area is 130 Å². The van der Waals surface area contributed by atoms with Crippen LogP contribution in [0.2, 0.25) is 0 Å². The largest absolute Gasteiger partial charge is 0.496 e. The minimum absolute atomic E-state index is 0. The van der Waals surface area contributed by atoms with Crippen molar-refractivity contribution in [1.29, 1.82) is 0 Å². The predicted molar refractivity (Wildman–Crippen MR) is 81.8 cm³/mol. The van der Waals surface area contributed by atoms with Crippen LogP contribution in [-0.4, -0.2) is 48.6 Å². The van der Waals surface area contributed by atoms with Gasteiger partial charge in [-0.2, -0.15) is 0 Å². The SMILES string of the molecule is COc1ccccc1CNC(=O)CN(C)C(C)C(=O)O.Cl. The summed E-state index contributed by atoms with van der Waals surface area (Å²) in [4.78, 5) is 24.0. The monoisotopic (exact) mass is 316 g/mol. The van der Waals surface area contributed by atoms with Gasteiger partial charge in [-0.15, -0.1) is 12.4 Å². The lowest BCUT2D eigenvalue weighted by Gasteiger charge is -2.20. The molecule has 21 heavy (non-hydrogen) atoms. The molecule has 0 saturated heterocycles. The minimum atomic E-state index is -0.954. The molecule has 0 aliphatic rings. The first-order chi connectivity index (χ1) is 9.45. The van der Waals surface area contributed by atoms with E-state index in [2.05, 4.69) is 5.32 Å². The third-order valence-corrected chi connectivity index (χ3v) is 3.08. The fourth-order valence-corrected chi connectivity index (χ4v) is 1.65. The van der Waals surface area contributed by atoms with Gasteiger partial charge in [0.25, 0.3) is 0 Å². The Bertz CT molecular complexity index is 482. The van der Waals surface area contributed by atoms with Crippen molar-refractivity contribution in [2.45, 2.75) is 19.5 Å². The molecule has 0 radical (unpaired) electrons. The van der Waals surface area contributed by atoms with Crippen LogP contribution in [0.1, 0.15) is 12.5 Å². The molecule has 1 aromatic rings. The number of hydrogen-bond acceptors (Lipinski definition) is 4. The number of ether oxygens (including phenoxy) is 1. The number of carboxylic acid groups (broad SMARTS) is 1. The van der Waals surface area contributed by atoms with Gasteiger partial charge in [0.1, 0.15) is 11.8 Å². The summed E-state index contributed by atoms with van der Waals surface area (Å²) >= 11 is 0. The number of nitrogens with zero attached hydrogens (tertiary/aromatic N) is 1. The fourth-order valence-electron chi connectivity index (χ4n) is 1.65. The second kappa shape index (κ2) is 9.20. The zero-order valence-corrected chi connectivity index (χ0v) is 13.1. The second-order valence-corrected chi connectivity index (χ2v) is 4.52. The average Bonchev–Trinajstić information content (AvgIpc) is 2.44. The van der Waals surface area contributed by atoms with Crippen molar-refractivity contribution in [3.8, 4) is 5.75 Å². The zero-order chi connectivity index (χ0) is 15.1. The summed E-state index contributed by atoms with van der Waals surface area (Å²) in [5, 5.41) is 11.6. The highest BCUT2D eigenvalue weighted by Gasteiger charge is 2.18. The smallest absolute Gasteiger partial charge is 0.320 e. The summed E-state index contributed by atoms with van der Waals surface area (Å²) < 4.78 is 5.19. The number of hydrogen-bond donors (Lipinski definition) is 2. The number of carboxylic acids is 1. The first-order valence-corrected chi connectivity index (χ1v) is 6.27. The van der Waals surface area contributed by atoms with E-state index in [1.165, 1.54) is 11.8 Å². The molecule has 0 saturated carbocycles. The van der Waals surface area contributed by atoms with Crippen molar-refractivity contribution in [2.24, 2.45) is 0 Å². The molecule has 1 aromatic carbocycles. The van der Waals surface area contributed by atoms with Crippen LogP contribution >= 0.6 is 12.4 Å². The highest BCUT2D eigenvalue weighted by Crippen LogP contribution is 2.16. The lowest BCUT2D eigenvalue weighted by molar-refractivity contribution is -0.142. The van der Waals surface area contributed by atoms with Crippen molar-refractivity contribution >= 4 is 24.3 Å². The van der Waals surface area contributed by atoms with E-state index < -0.39 is 12.0 Å². The van der Waals surface area contributed by atoms with Gasteiger partial charge in [0.15, 0.2) is 0 Å². The van der Waals surface area contributed by atoms with Gasteiger partial charge in [0, 0.05) is 12.1 Å². The summed E-state index contributed by atoms with van der Waals surface area (Å²) in [7, 11) is 3.17. The molecule has 6 nitrogen and oxygen atoms in total. The van der Waals surface area contributed by atoms with E-state index in [9.17, 15) is 9.59 Å². The van der Waals surface area contributed by atoms with Gasteiger partial charge in [-0.1, -0.05) is 18.2 Å². The molecule has 0 spiro atoms. The number of halogens is 1. The third-order valence-electron chi connectivity index (χ3n) is 3.08. The maximum Gasteiger partial charge on any atom is 0.320 e. The molecule has 118 valence electrons. The molecule has 1 atom stereocenters. The van der Waals surface area contributed by atoms with Crippen LogP contribution in [0.25, 0.3) is 0 Å². The number of amides is 1. The van der Waals surface area contributed by atoms with Crippen molar-refractivity contribution in [1.82, 2.24) is 10.2 Å². The molecule has 1 rings (SSSR count). The highest BCUT2D eigenvalue weighted by molar-refractivity contribution is 5.85. The van der Waals surface area contributed by atoms with Gasteiger partial charge in [-0.3, -0.25) is 14.5 Å². The number of methoxy groups -OCH3 is 1. The maximum atomic E-state index is 11.8. The molecule has 0 fully saturated rings. The predicted octanol–water partition coefficient (Wildman–Crippen LogP) is 1.14. The number of carbonyl (C=O) groups excluding carboxylic acids is 1. The molecular weight excluding hydrogens is 296 g/mol. The second-order valence-electron chi connectivity index (χ2n) is 4.52. The van der Waals surface area contributed by atoms with E-state index in [0.29, 0.717) is 12.3 Å². The molecule has 2 N–H and O–H groups in total. The van der Waals surface area contributed by atoms with E-state index in [-0.39, 0.29) is 24.9 Å². The van der Waals surface area contributed by atoms with Crippen LogP contribution < -0.4 is 10.1 Å². The number of aliphatic carboxylic acids is 1. The first kappa shape index (κ1) is 19.2. The Balaban J connectivity index is 0.00000400. The molecule has 0 aliphatic carbocycles. The number of para-hydroxylation sites is 1. The van der Waals surface area contributed by atoms with Gasteiger partial charge in [0.2, 0.25) is 5.91 Å². The number of likely N-dealkylation sites (N-methyl/N-ethyl adjacent to an activating group) is 1. The Kier molecular flexibility index (Phi) is 8.42. The molecule has 1 unspecified atom stereocenters. The highest BCUT2D eigenvalue weighted by atomic mass is 35.5. The van der Waals surface area contributed by atoms with E-state index in [4.69, 9.17) is 9.84 Å². The van der Waals surface area contributed by atoms with E-state index >= 15 is 0 Å². The molecule has 0 aromatic heterocycles. The van der Waals surface area contributed by atoms with Crippen molar-refractivity contribution < 1.29 is 19.4 Å². The summed E-state index contributed by atoms with van der Waals surface area (Å²) in [6, 6.07) is 6.70. The van der Waals surface area contributed by atoms with Gasteiger partial charge in [-0.25, -0.2) is 0 Å². The van der Waals surface area contributed by atoms with Crippen LogP contribution in [0, 0.1) is 0 Å². The van der Waals surface area contributed by atoms with Gasteiger partial charge < -0.3 is 15.2 Å². The summed E-state index contributed by atoms with van der Waals surface area (Å²) in [5.41, 5.74) is 0.872. The Morgan fingerprint density at radius 2 is 2.00 bits per heavy atom. The van der Waals surface area contributed by atoms with E-state index in [1.54, 1.807) is 14.2 Å². The summed E-state index contributed by atoms with van der Waals surface area (Å²) in [6.45, 7) is 1.91. The lowest BCUT2D eigenvalue weighted by atomic mass is 10.2. The molecule has 1 amide bonds. The molecule has 0 bridgehead atoms. The van der Waals surface area contributed by atoms with Gasteiger partial charge in [0.05, 0.1) is 13.7 Å². The van der Waals surface area contributed by atoms with Gasteiger partial charge >= 0.3 is 5.97 Å². The topological polar surface area (TPSA) is 78.9 Å². The molecular formula is C14H21ClN2O4. The maximum absolute atomic E-state index is 11.8. The van der Waals surface area contributed by atoms with Crippen LogP contribution in [0.15, 0.2) is 24.3 Å². The van der Waals surface area contributed by atoms with E-state index in [0.717, 1.165) is 5.56 Å². The zero-order valence-electron chi connectivity index (χ0n) is 12.3. The third kappa shape index (κ3) is 6.01. The fraction of sp³-hybridized carbons (Fsp3) is 0.429. The standard InChI is InChI=1S/C14H20N2O4.ClH/c1-10(14(18)19)16(2)9-13(17)15-8-11-6-4-5-7-12(11)20-3;/h4-7,10H,8-9H2,1-3H3,(H,15,17)(H,18,19);1H. The number of rotatable bonds is 7. The first-order valence-electron chi connectivity index (χ1n) is 6.27. The summed E-state index contributed by atoms with van der Waals surface area (Å²) in [6.07, 6.45) is 0. The van der Waals surface area contributed by atoms with Crippen LogP contribution in [0.4, 0.5) is 0 Å².